The number of nitrogens with one attached hydrogen (secondary N) is 1. The molecule has 0 saturated carbocycles. The topological polar surface area (TPSA) is 86.8 Å². The number of anilines is 1. The van der Waals surface area contributed by atoms with Crippen molar-refractivity contribution in [1.29, 1.82) is 0 Å². The Kier molecular flexibility index (Phi) is 8.70. The van der Waals surface area contributed by atoms with Gasteiger partial charge < -0.3 is 10.2 Å². The maximum absolute atomic E-state index is 13.5. The number of rotatable bonds is 8. The van der Waals surface area contributed by atoms with E-state index in [2.05, 4.69) is 21.2 Å². The first kappa shape index (κ1) is 26.9. The van der Waals surface area contributed by atoms with E-state index in [1.165, 1.54) is 4.90 Å². The molecule has 0 saturated heterocycles. The average Bonchev–Trinajstić information content (AvgIpc) is 2.68. The zero-order valence-electron chi connectivity index (χ0n) is 19.9. The lowest BCUT2D eigenvalue weighted by atomic mass is 10.1. The normalized spacial score (nSPS) is 12.7. The van der Waals surface area contributed by atoms with Crippen LogP contribution in [-0.2, 0) is 26.2 Å². The van der Waals surface area contributed by atoms with Crippen LogP contribution >= 0.6 is 15.9 Å². The average molecular weight is 539 g/mol. The van der Waals surface area contributed by atoms with Crippen molar-refractivity contribution in [3.05, 3.63) is 64.1 Å². The molecule has 0 bridgehead atoms. The molecule has 0 fully saturated rings. The molecule has 2 amide bonds. The summed E-state index contributed by atoms with van der Waals surface area (Å²) in [4.78, 5) is 27.8. The highest BCUT2D eigenvalue weighted by atomic mass is 79.9. The lowest BCUT2D eigenvalue weighted by molar-refractivity contribution is -0.140. The largest absolute Gasteiger partial charge is 0.350 e. The summed E-state index contributed by atoms with van der Waals surface area (Å²) >= 11 is 3.39. The number of hydrogen-bond acceptors (Lipinski definition) is 4. The summed E-state index contributed by atoms with van der Waals surface area (Å²) in [7, 11) is -3.74. The van der Waals surface area contributed by atoms with Crippen LogP contribution in [0.2, 0.25) is 0 Å². The van der Waals surface area contributed by atoms with Crippen molar-refractivity contribution in [3.8, 4) is 0 Å². The third-order valence-corrected chi connectivity index (χ3v) is 6.57. The van der Waals surface area contributed by atoms with Crippen LogP contribution < -0.4 is 9.62 Å². The van der Waals surface area contributed by atoms with E-state index in [1.54, 1.807) is 25.1 Å². The van der Waals surface area contributed by atoms with Crippen molar-refractivity contribution in [3.63, 3.8) is 0 Å². The molecule has 0 spiro atoms. The Bertz CT molecular complexity index is 1100. The summed E-state index contributed by atoms with van der Waals surface area (Å²) in [5.74, 6) is -0.782. The van der Waals surface area contributed by atoms with E-state index in [0.717, 1.165) is 26.2 Å². The highest BCUT2D eigenvalue weighted by Crippen LogP contribution is 2.21. The van der Waals surface area contributed by atoms with Crippen LogP contribution in [0.3, 0.4) is 0 Å². The van der Waals surface area contributed by atoms with Crippen LogP contribution in [0.4, 0.5) is 5.69 Å². The predicted molar refractivity (Wildman–Crippen MR) is 135 cm³/mol. The lowest BCUT2D eigenvalue weighted by Crippen LogP contribution is -2.54. The van der Waals surface area contributed by atoms with Gasteiger partial charge >= 0.3 is 0 Å². The van der Waals surface area contributed by atoms with Crippen molar-refractivity contribution >= 4 is 43.5 Å². The Labute approximate surface area is 205 Å². The van der Waals surface area contributed by atoms with E-state index >= 15 is 0 Å². The van der Waals surface area contributed by atoms with Gasteiger partial charge in [0.05, 0.1) is 11.9 Å². The first-order chi connectivity index (χ1) is 15.2. The van der Waals surface area contributed by atoms with Crippen LogP contribution in [-0.4, -0.2) is 49.5 Å². The quantitative estimate of drug-likeness (QED) is 0.553. The van der Waals surface area contributed by atoms with Gasteiger partial charge in [0.1, 0.15) is 12.6 Å². The van der Waals surface area contributed by atoms with Crippen molar-refractivity contribution in [2.45, 2.75) is 52.7 Å². The summed E-state index contributed by atoms with van der Waals surface area (Å²) < 4.78 is 27.1. The molecule has 0 aliphatic rings. The van der Waals surface area contributed by atoms with Gasteiger partial charge in [-0.1, -0.05) is 40.2 Å². The first-order valence-electron chi connectivity index (χ1n) is 10.6. The fourth-order valence-corrected chi connectivity index (χ4v) is 4.35. The second-order valence-corrected chi connectivity index (χ2v) is 12.0. The first-order valence-corrected chi connectivity index (χ1v) is 13.2. The van der Waals surface area contributed by atoms with Crippen LogP contribution in [0.1, 0.15) is 38.8 Å². The number of aryl methyl sites for hydroxylation is 1. The van der Waals surface area contributed by atoms with E-state index in [4.69, 9.17) is 0 Å². The molecular formula is C24H32BrN3O4S. The van der Waals surface area contributed by atoms with Gasteiger partial charge in [0.15, 0.2) is 0 Å². The molecule has 0 aliphatic carbocycles. The van der Waals surface area contributed by atoms with Crippen LogP contribution in [0, 0.1) is 6.92 Å². The van der Waals surface area contributed by atoms with Gasteiger partial charge in [0.25, 0.3) is 0 Å². The highest BCUT2D eigenvalue weighted by Gasteiger charge is 2.31. The number of halogens is 1. The minimum Gasteiger partial charge on any atom is -0.350 e. The number of carbonyl (C=O) groups excluding carboxylic acids is 2. The second-order valence-electron chi connectivity index (χ2n) is 9.17. The fourth-order valence-electron chi connectivity index (χ4n) is 3.24. The van der Waals surface area contributed by atoms with E-state index in [0.29, 0.717) is 5.69 Å². The molecule has 0 radical (unpaired) electrons. The van der Waals surface area contributed by atoms with Gasteiger partial charge in [0, 0.05) is 16.6 Å². The number of carbonyl (C=O) groups is 2. The molecule has 2 aromatic rings. The predicted octanol–water partition coefficient (Wildman–Crippen LogP) is 3.86. The summed E-state index contributed by atoms with van der Waals surface area (Å²) in [6.45, 7) is 8.84. The Morgan fingerprint density at radius 1 is 1.09 bits per heavy atom. The monoisotopic (exact) mass is 537 g/mol. The van der Waals surface area contributed by atoms with Gasteiger partial charge in [-0.2, -0.15) is 0 Å². The van der Waals surface area contributed by atoms with Gasteiger partial charge in [-0.15, -0.1) is 0 Å². The van der Waals surface area contributed by atoms with Crippen molar-refractivity contribution in [2.24, 2.45) is 0 Å². The Hall–Kier alpha value is -2.39. The second kappa shape index (κ2) is 10.7. The molecule has 0 aliphatic heterocycles. The zero-order valence-corrected chi connectivity index (χ0v) is 22.3. The van der Waals surface area contributed by atoms with Crippen LogP contribution in [0.15, 0.2) is 53.0 Å². The molecule has 1 atom stereocenters. The van der Waals surface area contributed by atoms with Gasteiger partial charge in [-0.05, 0) is 70.0 Å². The Morgan fingerprint density at radius 2 is 1.70 bits per heavy atom. The Morgan fingerprint density at radius 3 is 2.21 bits per heavy atom. The smallest absolute Gasteiger partial charge is 0.244 e. The number of benzene rings is 2. The molecule has 0 unspecified atom stereocenters. The van der Waals surface area contributed by atoms with Crippen molar-refractivity contribution in [2.75, 3.05) is 17.1 Å². The Balaban J connectivity index is 2.39. The van der Waals surface area contributed by atoms with E-state index in [9.17, 15) is 18.0 Å². The molecule has 0 heterocycles. The fraction of sp³-hybridized carbons (Fsp3) is 0.417. The van der Waals surface area contributed by atoms with Crippen LogP contribution in [0.5, 0.6) is 0 Å². The molecule has 7 nitrogen and oxygen atoms in total. The number of nitrogens with zero attached hydrogens (tertiary/aromatic N) is 2. The minimum absolute atomic E-state index is 0.163. The zero-order chi connectivity index (χ0) is 25.0. The molecule has 33 heavy (non-hydrogen) atoms. The van der Waals surface area contributed by atoms with E-state index in [1.807, 2.05) is 58.0 Å². The van der Waals surface area contributed by atoms with Gasteiger partial charge in [-0.3, -0.25) is 13.9 Å². The number of hydrogen-bond donors (Lipinski definition) is 1. The summed E-state index contributed by atoms with van der Waals surface area (Å²) in [6, 6.07) is 13.6. The molecule has 1 N–H and O–H groups in total. The van der Waals surface area contributed by atoms with Crippen LogP contribution in [0.25, 0.3) is 0 Å². The standard InChI is InChI=1S/C24H32BrN3O4S/c1-17-8-7-9-21(14-17)28(33(6,31)32)16-22(29)27(15-19-10-12-20(25)13-11-19)18(2)23(30)26-24(3,4)5/h7-14,18H,15-16H2,1-6H3,(H,26,30)/t18-/m1/s1. The minimum atomic E-state index is -3.74. The van der Waals surface area contributed by atoms with Gasteiger partial charge in [-0.25, -0.2) is 8.42 Å². The molecule has 0 aromatic heterocycles. The molecule has 2 aromatic carbocycles. The number of amides is 2. The summed E-state index contributed by atoms with van der Waals surface area (Å²) in [6.07, 6.45) is 1.07. The molecular weight excluding hydrogens is 506 g/mol. The lowest BCUT2D eigenvalue weighted by Gasteiger charge is -2.33. The van der Waals surface area contributed by atoms with E-state index < -0.39 is 34.1 Å². The third-order valence-electron chi connectivity index (χ3n) is 4.90. The maximum atomic E-state index is 13.5. The number of sulfonamides is 1. The summed E-state index contributed by atoms with van der Waals surface area (Å²) in [5.41, 5.74) is 1.63. The van der Waals surface area contributed by atoms with Crippen molar-refractivity contribution in [1.82, 2.24) is 10.2 Å². The van der Waals surface area contributed by atoms with Gasteiger partial charge in [0.2, 0.25) is 21.8 Å². The molecule has 9 heteroatoms. The molecule has 180 valence electrons. The van der Waals surface area contributed by atoms with E-state index in [-0.39, 0.29) is 12.5 Å². The highest BCUT2D eigenvalue weighted by molar-refractivity contribution is 9.10. The SMILES string of the molecule is Cc1cccc(N(CC(=O)N(Cc2ccc(Br)cc2)[C@H](C)C(=O)NC(C)(C)C)S(C)(=O)=O)c1. The maximum Gasteiger partial charge on any atom is 0.244 e. The molecule has 2 rings (SSSR count). The summed E-state index contributed by atoms with van der Waals surface area (Å²) in [5, 5.41) is 2.90. The van der Waals surface area contributed by atoms with Crippen molar-refractivity contribution < 1.29 is 18.0 Å². The third kappa shape index (κ3) is 8.16.